The third-order valence-electron chi connectivity index (χ3n) is 1.95. The van der Waals surface area contributed by atoms with Crippen LogP contribution in [0.3, 0.4) is 0 Å². The Kier molecular flexibility index (Phi) is 4.43. The largest absolute Gasteiger partial charge is 0.293 e. The van der Waals surface area contributed by atoms with Gasteiger partial charge in [0.15, 0.2) is 0 Å². The number of nitrogens with zero attached hydrogens (tertiary/aromatic N) is 2. The van der Waals surface area contributed by atoms with Crippen molar-refractivity contribution in [2.45, 2.75) is 19.8 Å². The zero-order chi connectivity index (χ0) is 10.2. The Hall–Kier alpha value is -1.62. The first kappa shape index (κ1) is 10.5. The molecule has 0 aliphatic carbocycles. The first-order valence-corrected chi connectivity index (χ1v) is 4.87. The topological polar surface area (TPSA) is 36.1 Å². The number of hydrogen-bond donors (Lipinski definition) is 0. The van der Waals surface area contributed by atoms with Crippen LogP contribution in [0.5, 0.6) is 0 Å². The molecule has 0 saturated carbocycles. The summed E-state index contributed by atoms with van der Waals surface area (Å²) in [4.78, 5) is 4.26. The van der Waals surface area contributed by atoms with Gasteiger partial charge in [-0.25, -0.2) is 0 Å². The molecule has 0 unspecified atom stereocenters. The summed E-state index contributed by atoms with van der Waals surface area (Å²) in [5, 5.41) is 8.81. The summed E-state index contributed by atoms with van der Waals surface area (Å²) in [5.74, 6) is 0. The van der Waals surface area contributed by atoms with Crippen molar-refractivity contribution in [2.24, 2.45) is 4.99 Å². The van der Waals surface area contributed by atoms with E-state index in [0.29, 0.717) is 5.56 Å². The molecule has 2 heteroatoms. The van der Waals surface area contributed by atoms with Gasteiger partial charge in [0.05, 0.1) is 11.6 Å². The normalized spacial score (nSPS) is 10.3. The highest BCUT2D eigenvalue weighted by Gasteiger charge is 1.95. The van der Waals surface area contributed by atoms with Crippen LogP contribution < -0.4 is 0 Å². The molecule has 2 nitrogen and oxygen atoms in total. The maximum Gasteiger partial charge on any atom is 0.0998 e. The first-order chi connectivity index (χ1) is 6.88. The Morgan fingerprint density at radius 2 is 2.21 bits per heavy atom. The van der Waals surface area contributed by atoms with E-state index in [-0.39, 0.29) is 0 Å². The Morgan fingerprint density at radius 3 is 2.93 bits per heavy atom. The standard InChI is InChI=1S/C12H14N2/c1-2-3-8-14-10-12-7-5-4-6-11(12)9-13/h4-7,10H,2-3,8H2,1H3/b14-10+. The van der Waals surface area contributed by atoms with E-state index < -0.39 is 0 Å². The summed E-state index contributed by atoms with van der Waals surface area (Å²) in [5.41, 5.74) is 1.60. The molecule has 0 spiro atoms. The lowest BCUT2D eigenvalue weighted by atomic mass is 10.1. The molecule has 0 aliphatic heterocycles. The lowest BCUT2D eigenvalue weighted by Crippen LogP contribution is -1.88. The molecule has 1 aromatic carbocycles. The maximum atomic E-state index is 8.81. The van der Waals surface area contributed by atoms with Crippen LogP contribution in [0.15, 0.2) is 29.3 Å². The fraction of sp³-hybridized carbons (Fsp3) is 0.333. The van der Waals surface area contributed by atoms with Gasteiger partial charge < -0.3 is 0 Å². The van der Waals surface area contributed by atoms with Gasteiger partial charge in [0.1, 0.15) is 0 Å². The van der Waals surface area contributed by atoms with Gasteiger partial charge in [-0.05, 0) is 12.5 Å². The summed E-state index contributed by atoms with van der Waals surface area (Å²) in [6.07, 6.45) is 4.04. The van der Waals surface area contributed by atoms with Crippen LogP contribution in [0.25, 0.3) is 0 Å². The molecule has 0 aromatic heterocycles. The minimum atomic E-state index is 0.688. The second-order valence-corrected chi connectivity index (χ2v) is 3.09. The van der Waals surface area contributed by atoms with E-state index in [4.69, 9.17) is 5.26 Å². The van der Waals surface area contributed by atoms with Crippen molar-refractivity contribution in [3.8, 4) is 6.07 Å². The Labute approximate surface area is 84.9 Å². The van der Waals surface area contributed by atoms with Gasteiger partial charge in [0, 0.05) is 18.3 Å². The zero-order valence-corrected chi connectivity index (χ0v) is 8.40. The van der Waals surface area contributed by atoms with E-state index in [0.717, 1.165) is 24.9 Å². The number of nitriles is 1. The van der Waals surface area contributed by atoms with Crippen molar-refractivity contribution >= 4 is 6.21 Å². The van der Waals surface area contributed by atoms with Crippen LogP contribution in [0, 0.1) is 11.3 Å². The van der Waals surface area contributed by atoms with E-state index in [1.807, 2.05) is 18.2 Å². The average molecular weight is 186 g/mol. The van der Waals surface area contributed by atoms with Gasteiger partial charge >= 0.3 is 0 Å². The summed E-state index contributed by atoms with van der Waals surface area (Å²) in [6.45, 7) is 2.98. The fourth-order valence-corrected chi connectivity index (χ4v) is 1.12. The minimum Gasteiger partial charge on any atom is -0.293 e. The molecular weight excluding hydrogens is 172 g/mol. The zero-order valence-electron chi connectivity index (χ0n) is 8.40. The van der Waals surface area contributed by atoms with Crippen LogP contribution in [0.1, 0.15) is 30.9 Å². The summed E-state index contributed by atoms with van der Waals surface area (Å²) < 4.78 is 0. The molecule has 0 radical (unpaired) electrons. The Morgan fingerprint density at radius 1 is 1.43 bits per heavy atom. The number of benzene rings is 1. The molecule has 0 amide bonds. The summed E-state index contributed by atoms with van der Waals surface area (Å²) in [7, 11) is 0. The molecule has 0 saturated heterocycles. The van der Waals surface area contributed by atoms with Crippen LogP contribution >= 0.6 is 0 Å². The maximum absolute atomic E-state index is 8.81. The molecule has 14 heavy (non-hydrogen) atoms. The summed E-state index contributed by atoms with van der Waals surface area (Å²) >= 11 is 0. The van der Waals surface area contributed by atoms with E-state index in [2.05, 4.69) is 18.0 Å². The molecular formula is C12H14N2. The monoisotopic (exact) mass is 186 g/mol. The Bertz CT molecular complexity index is 348. The van der Waals surface area contributed by atoms with Crippen LogP contribution in [-0.2, 0) is 0 Å². The predicted molar refractivity (Wildman–Crippen MR) is 58.5 cm³/mol. The van der Waals surface area contributed by atoms with Crippen molar-refractivity contribution in [1.29, 1.82) is 5.26 Å². The third-order valence-corrected chi connectivity index (χ3v) is 1.95. The first-order valence-electron chi connectivity index (χ1n) is 4.87. The van der Waals surface area contributed by atoms with Crippen molar-refractivity contribution < 1.29 is 0 Å². The van der Waals surface area contributed by atoms with E-state index in [1.54, 1.807) is 12.3 Å². The third kappa shape index (κ3) is 3.02. The molecule has 0 N–H and O–H groups in total. The molecule has 0 fully saturated rings. The molecule has 72 valence electrons. The second kappa shape index (κ2) is 5.93. The summed E-state index contributed by atoms with van der Waals surface area (Å²) in [6, 6.07) is 9.64. The van der Waals surface area contributed by atoms with Gasteiger partial charge in [-0.3, -0.25) is 4.99 Å². The highest BCUT2D eigenvalue weighted by Crippen LogP contribution is 2.04. The highest BCUT2D eigenvalue weighted by atomic mass is 14.7. The molecule has 0 heterocycles. The van der Waals surface area contributed by atoms with Gasteiger partial charge in [0.25, 0.3) is 0 Å². The predicted octanol–water partition coefficient (Wildman–Crippen LogP) is 2.78. The van der Waals surface area contributed by atoms with Gasteiger partial charge in [-0.15, -0.1) is 0 Å². The van der Waals surface area contributed by atoms with Crippen molar-refractivity contribution in [2.75, 3.05) is 6.54 Å². The second-order valence-electron chi connectivity index (χ2n) is 3.09. The van der Waals surface area contributed by atoms with Gasteiger partial charge in [-0.1, -0.05) is 31.5 Å². The Balaban J connectivity index is 2.67. The van der Waals surface area contributed by atoms with Gasteiger partial charge in [0.2, 0.25) is 0 Å². The van der Waals surface area contributed by atoms with Crippen LogP contribution in [-0.4, -0.2) is 12.8 Å². The molecule has 0 atom stereocenters. The van der Waals surface area contributed by atoms with Crippen LogP contribution in [0.2, 0.25) is 0 Å². The quantitative estimate of drug-likeness (QED) is 0.526. The highest BCUT2D eigenvalue weighted by molar-refractivity contribution is 5.83. The molecule has 0 bridgehead atoms. The SMILES string of the molecule is CCCC/N=C/c1ccccc1C#N. The van der Waals surface area contributed by atoms with Crippen molar-refractivity contribution in [3.63, 3.8) is 0 Å². The minimum absolute atomic E-state index is 0.688. The molecule has 1 rings (SSSR count). The number of unbranched alkanes of at least 4 members (excludes halogenated alkanes) is 1. The van der Waals surface area contributed by atoms with E-state index in [9.17, 15) is 0 Å². The van der Waals surface area contributed by atoms with Crippen molar-refractivity contribution in [3.05, 3.63) is 35.4 Å². The van der Waals surface area contributed by atoms with E-state index >= 15 is 0 Å². The van der Waals surface area contributed by atoms with Crippen molar-refractivity contribution in [1.82, 2.24) is 0 Å². The number of hydrogen-bond acceptors (Lipinski definition) is 2. The number of rotatable bonds is 4. The van der Waals surface area contributed by atoms with Crippen LogP contribution in [0.4, 0.5) is 0 Å². The molecule has 1 aromatic rings. The van der Waals surface area contributed by atoms with Gasteiger partial charge in [-0.2, -0.15) is 5.26 Å². The lowest BCUT2D eigenvalue weighted by molar-refractivity contribution is 0.810. The lowest BCUT2D eigenvalue weighted by Gasteiger charge is -1.95. The average Bonchev–Trinajstić information content (AvgIpc) is 2.25. The number of aliphatic imine (C=N–C) groups is 1. The van der Waals surface area contributed by atoms with E-state index in [1.165, 1.54) is 0 Å². The smallest absolute Gasteiger partial charge is 0.0998 e. The molecule has 0 aliphatic rings. The fourth-order valence-electron chi connectivity index (χ4n) is 1.12.